The molecule has 0 spiro atoms. The Hall–Kier alpha value is -0.760. The van der Waals surface area contributed by atoms with Crippen molar-refractivity contribution in [2.45, 2.75) is 231 Å². The van der Waals surface area contributed by atoms with Gasteiger partial charge in [0.05, 0.1) is 27.7 Å². The van der Waals surface area contributed by atoms with Gasteiger partial charge in [0.15, 0.2) is 0 Å². The SMILES string of the molecule is CCCCCCCCCC/C=C\CCCCCCCCCCCCCCCCCCCCCCCCCC(=O)OCC(O)COP(=O)([O-])OCC[N+](C)(C)C. The first-order valence-electron chi connectivity index (χ1n) is 23.4. The Morgan fingerprint density at radius 1 is 0.564 bits per heavy atom. The maximum absolute atomic E-state index is 11.9. The van der Waals surface area contributed by atoms with E-state index in [4.69, 9.17) is 13.8 Å². The number of rotatable bonds is 44. The number of quaternary nitrogens is 1. The highest BCUT2D eigenvalue weighted by Gasteiger charge is 2.17. The van der Waals surface area contributed by atoms with E-state index in [9.17, 15) is 19.4 Å². The second kappa shape index (κ2) is 40.0. The first-order chi connectivity index (χ1) is 26.6. The lowest BCUT2D eigenvalue weighted by atomic mass is 10.0. The Labute approximate surface area is 341 Å². The summed E-state index contributed by atoms with van der Waals surface area (Å²) in [6, 6.07) is 0. The van der Waals surface area contributed by atoms with Crippen molar-refractivity contribution < 1.29 is 37.6 Å². The number of likely N-dealkylation sites (N-methyl/N-ethyl adjacent to an activating group) is 1. The van der Waals surface area contributed by atoms with Gasteiger partial charge in [0.2, 0.25) is 0 Å². The van der Waals surface area contributed by atoms with Gasteiger partial charge in [-0.15, -0.1) is 0 Å². The molecule has 0 aromatic carbocycles. The molecular weight excluding hydrogens is 709 g/mol. The van der Waals surface area contributed by atoms with Gasteiger partial charge >= 0.3 is 5.97 Å². The van der Waals surface area contributed by atoms with Gasteiger partial charge in [0, 0.05) is 6.42 Å². The molecule has 0 heterocycles. The van der Waals surface area contributed by atoms with Gasteiger partial charge in [-0.3, -0.25) is 9.36 Å². The molecule has 2 atom stereocenters. The molecule has 328 valence electrons. The van der Waals surface area contributed by atoms with Crippen molar-refractivity contribution in [1.82, 2.24) is 0 Å². The van der Waals surface area contributed by atoms with E-state index in [1.807, 2.05) is 21.1 Å². The normalized spacial score (nSPS) is 13.8. The molecule has 1 N–H and O–H groups in total. The van der Waals surface area contributed by atoms with Gasteiger partial charge in [-0.1, -0.05) is 199 Å². The van der Waals surface area contributed by atoms with Crippen molar-refractivity contribution in [3.63, 3.8) is 0 Å². The largest absolute Gasteiger partial charge is 0.756 e. The summed E-state index contributed by atoms with van der Waals surface area (Å²) in [6.45, 7) is 1.98. The van der Waals surface area contributed by atoms with Gasteiger partial charge in [-0.05, 0) is 32.1 Å². The number of aliphatic hydroxyl groups is 1. The van der Waals surface area contributed by atoms with Crippen LogP contribution in [-0.4, -0.2) is 69.2 Å². The fraction of sp³-hybridized carbons (Fsp3) is 0.935. The topological polar surface area (TPSA) is 105 Å². The highest BCUT2D eigenvalue weighted by molar-refractivity contribution is 7.45. The quantitative estimate of drug-likeness (QED) is 0.0215. The van der Waals surface area contributed by atoms with Crippen LogP contribution in [0.3, 0.4) is 0 Å². The predicted octanol–water partition coefficient (Wildman–Crippen LogP) is 12.9. The average Bonchev–Trinajstić information content (AvgIpc) is 3.14. The molecule has 0 aromatic heterocycles. The number of aliphatic hydroxyl groups excluding tert-OH is 1. The molecule has 9 heteroatoms. The predicted molar refractivity (Wildman–Crippen MR) is 231 cm³/mol. The van der Waals surface area contributed by atoms with Crippen molar-refractivity contribution in [2.75, 3.05) is 47.5 Å². The number of carbonyl (C=O) groups excluding carboxylic acids is 1. The van der Waals surface area contributed by atoms with Crippen molar-refractivity contribution in [3.8, 4) is 0 Å². The zero-order chi connectivity index (χ0) is 40.6. The molecule has 0 radical (unpaired) electrons. The second-order valence-electron chi connectivity index (χ2n) is 17.3. The number of phosphoric ester groups is 1. The molecule has 0 rings (SSSR count). The molecule has 0 fully saturated rings. The third-order valence-electron chi connectivity index (χ3n) is 10.5. The second-order valence-corrected chi connectivity index (χ2v) is 18.7. The molecule has 55 heavy (non-hydrogen) atoms. The summed E-state index contributed by atoms with van der Waals surface area (Å²) in [5, 5.41) is 9.89. The Balaban J connectivity index is 3.30. The van der Waals surface area contributed by atoms with E-state index in [1.54, 1.807) is 0 Å². The summed E-state index contributed by atoms with van der Waals surface area (Å²) < 4.78 is 26.9. The van der Waals surface area contributed by atoms with Crippen molar-refractivity contribution in [3.05, 3.63) is 12.2 Å². The summed E-state index contributed by atoms with van der Waals surface area (Å²) >= 11 is 0. The minimum absolute atomic E-state index is 0.00563. The minimum Gasteiger partial charge on any atom is -0.756 e. The van der Waals surface area contributed by atoms with Gasteiger partial charge < -0.3 is 28.3 Å². The number of nitrogens with zero attached hydrogens (tertiary/aromatic N) is 1. The summed E-state index contributed by atoms with van der Waals surface area (Å²) in [7, 11) is 1.26. The summed E-state index contributed by atoms with van der Waals surface area (Å²) in [5.74, 6) is -0.381. The van der Waals surface area contributed by atoms with Gasteiger partial charge in [0.25, 0.3) is 7.82 Å². The van der Waals surface area contributed by atoms with Gasteiger partial charge in [0.1, 0.15) is 25.9 Å². The summed E-state index contributed by atoms with van der Waals surface area (Å²) in [4.78, 5) is 23.7. The number of ether oxygens (including phenoxy) is 1. The highest BCUT2D eigenvalue weighted by atomic mass is 31.2. The van der Waals surface area contributed by atoms with Crippen LogP contribution in [0.15, 0.2) is 12.2 Å². The van der Waals surface area contributed by atoms with E-state index in [0.29, 0.717) is 17.4 Å². The molecular formula is C46H92NO7P. The lowest BCUT2D eigenvalue weighted by Gasteiger charge is -2.27. The lowest BCUT2D eigenvalue weighted by molar-refractivity contribution is -0.870. The van der Waals surface area contributed by atoms with Crippen LogP contribution in [-0.2, 0) is 23.1 Å². The number of hydrogen-bond donors (Lipinski definition) is 1. The molecule has 0 aliphatic carbocycles. The fourth-order valence-corrected chi connectivity index (χ4v) is 7.56. The Morgan fingerprint density at radius 3 is 1.27 bits per heavy atom. The highest BCUT2D eigenvalue weighted by Crippen LogP contribution is 2.38. The zero-order valence-corrected chi connectivity index (χ0v) is 37.8. The molecule has 0 saturated heterocycles. The Kier molecular flexibility index (Phi) is 39.5. The maximum Gasteiger partial charge on any atom is 0.305 e. The molecule has 2 unspecified atom stereocenters. The van der Waals surface area contributed by atoms with Crippen LogP contribution in [0.25, 0.3) is 0 Å². The number of unbranched alkanes of at least 4 members (excludes halogenated alkanes) is 31. The lowest BCUT2D eigenvalue weighted by Crippen LogP contribution is -2.37. The number of esters is 1. The van der Waals surface area contributed by atoms with Crippen LogP contribution in [0.5, 0.6) is 0 Å². The van der Waals surface area contributed by atoms with E-state index in [2.05, 4.69) is 19.1 Å². The van der Waals surface area contributed by atoms with Crippen LogP contribution in [0.2, 0.25) is 0 Å². The van der Waals surface area contributed by atoms with E-state index in [1.165, 1.54) is 193 Å². The first-order valence-corrected chi connectivity index (χ1v) is 24.9. The number of hydrogen-bond acceptors (Lipinski definition) is 7. The smallest absolute Gasteiger partial charge is 0.305 e. The zero-order valence-electron chi connectivity index (χ0n) is 36.9. The van der Waals surface area contributed by atoms with Crippen LogP contribution >= 0.6 is 7.82 Å². The third-order valence-corrected chi connectivity index (χ3v) is 11.5. The van der Waals surface area contributed by atoms with Crippen molar-refractivity contribution in [1.29, 1.82) is 0 Å². The summed E-state index contributed by atoms with van der Waals surface area (Å²) in [6.07, 6.45) is 48.4. The van der Waals surface area contributed by atoms with Crippen molar-refractivity contribution in [2.24, 2.45) is 0 Å². The maximum atomic E-state index is 11.9. The number of allylic oxidation sites excluding steroid dienone is 2. The first kappa shape index (κ1) is 54.2. The number of phosphoric acid groups is 1. The molecule has 0 saturated carbocycles. The standard InChI is InChI=1S/C46H92NO7P/c1-5-6-7-8-9-10-11-12-13-14-15-16-17-18-19-20-21-22-23-24-25-26-27-28-29-30-31-32-33-34-35-36-37-38-39-40-46(49)52-43-45(48)44-54-55(50,51)53-42-41-47(2,3)4/h14-15,45,48H,5-13,16-44H2,1-4H3/b15-14-. The molecule has 0 aromatic rings. The van der Waals surface area contributed by atoms with Crippen LogP contribution < -0.4 is 4.89 Å². The minimum atomic E-state index is -4.50. The summed E-state index contributed by atoms with van der Waals surface area (Å²) in [5.41, 5.74) is 0. The monoisotopic (exact) mass is 802 g/mol. The van der Waals surface area contributed by atoms with E-state index >= 15 is 0 Å². The van der Waals surface area contributed by atoms with Crippen LogP contribution in [0.4, 0.5) is 0 Å². The van der Waals surface area contributed by atoms with Crippen LogP contribution in [0, 0.1) is 0 Å². The van der Waals surface area contributed by atoms with Gasteiger partial charge in [-0.2, -0.15) is 0 Å². The molecule has 0 aliphatic heterocycles. The fourth-order valence-electron chi connectivity index (χ4n) is 6.83. The van der Waals surface area contributed by atoms with Gasteiger partial charge in [-0.25, -0.2) is 0 Å². The van der Waals surface area contributed by atoms with E-state index < -0.39 is 20.5 Å². The average molecular weight is 802 g/mol. The van der Waals surface area contributed by atoms with E-state index in [-0.39, 0.29) is 19.2 Å². The molecule has 0 bridgehead atoms. The third kappa shape index (κ3) is 45.8. The molecule has 0 aliphatic rings. The van der Waals surface area contributed by atoms with E-state index in [0.717, 1.165) is 19.3 Å². The Morgan fingerprint density at radius 2 is 0.909 bits per heavy atom. The number of carbonyl (C=O) groups is 1. The van der Waals surface area contributed by atoms with Crippen molar-refractivity contribution >= 4 is 13.8 Å². The van der Waals surface area contributed by atoms with Crippen LogP contribution in [0.1, 0.15) is 225 Å². The molecule has 8 nitrogen and oxygen atoms in total. The Bertz CT molecular complexity index is 894. The molecule has 0 amide bonds.